The molecule has 2 aliphatic heterocycles. The Hall–Kier alpha value is -3.25. The maximum atomic E-state index is 13.6. The summed E-state index contributed by atoms with van der Waals surface area (Å²) in [6.45, 7) is 6.22. The van der Waals surface area contributed by atoms with Gasteiger partial charge in [-0.2, -0.15) is 0 Å². The Labute approximate surface area is 211 Å². The van der Waals surface area contributed by atoms with Crippen molar-refractivity contribution in [3.05, 3.63) is 45.2 Å². The van der Waals surface area contributed by atoms with E-state index in [4.69, 9.17) is 17.0 Å². The highest BCUT2D eigenvalue weighted by atomic mass is 32.2. The van der Waals surface area contributed by atoms with Gasteiger partial charge >= 0.3 is 5.97 Å². The predicted molar refractivity (Wildman–Crippen MR) is 137 cm³/mol. The number of thioether (sulfide) groups is 1. The predicted octanol–water partition coefficient (Wildman–Crippen LogP) is 1.56. The number of anilines is 1. The third kappa shape index (κ3) is 4.80. The van der Waals surface area contributed by atoms with Crippen LogP contribution in [0.4, 0.5) is 5.82 Å². The van der Waals surface area contributed by atoms with Crippen molar-refractivity contribution in [2.45, 2.75) is 39.3 Å². The normalized spacial score (nSPS) is 19.7. The summed E-state index contributed by atoms with van der Waals surface area (Å²) in [4.78, 5) is 59.8. The number of esters is 1. The number of aromatic nitrogens is 2. The number of fused-ring (bicyclic) bond motifs is 1. The summed E-state index contributed by atoms with van der Waals surface area (Å²) in [5, 5.41) is 2.76. The van der Waals surface area contributed by atoms with E-state index in [2.05, 4.69) is 10.3 Å². The number of carbonyl (C=O) groups excluding carboxylic acids is 3. The monoisotopic (exact) mass is 515 g/mol. The molecule has 2 amide bonds. The Morgan fingerprint density at radius 2 is 2.11 bits per heavy atom. The lowest BCUT2D eigenvalue weighted by molar-refractivity contribution is -0.145. The number of carbonyl (C=O) groups is 3. The lowest BCUT2D eigenvalue weighted by Gasteiger charge is -2.36. The minimum atomic E-state index is -0.918. The van der Waals surface area contributed by atoms with Gasteiger partial charge in [0.15, 0.2) is 0 Å². The smallest absolute Gasteiger partial charge is 0.308 e. The van der Waals surface area contributed by atoms with Gasteiger partial charge < -0.3 is 15.0 Å². The van der Waals surface area contributed by atoms with Gasteiger partial charge in [-0.3, -0.25) is 28.5 Å². The zero-order valence-corrected chi connectivity index (χ0v) is 21.1. The molecular formula is C23H25N5O5S2. The molecule has 4 rings (SSSR count). The van der Waals surface area contributed by atoms with Crippen LogP contribution in [0, 0.1) is 0 Å². The highest BCUT2D eigenvalue weighted by Gasteiger charge is 2.37. The molecule has 2 saturated heterocycles. The molecule has 0 aromatic carbocycles. The molecule has 0 spiro atoms. The molecule has 10 nitrogen and oxygen atoms in total. The van der Waals surface area contributed by atoms with Crippen LogP contribution in [0.25, 0.3) is 11.7 Å². The number of rotatable bonds is 6. The van der Waals surface area contributed by atoms with E-state index in [0.717, 1.165) is 11.8 Å². The molecule has 1 N–H and O–H groups in total. The van der Waals surface area contributed by atoms with Gasteiger partial charge in [0.2, 0.25) is 5.91 Å². The first-order valence-electron chi connectivity index (χ1n) is 11.2. The number of nitrogens with one attached hydrogen (secondary N) is 1. The van der Waals surface area contributed by atoms with E-state index < -0.39 is 17.6 Å². The largest absolute Gasteiger partial charge is 0.466 e. The molecule has 184 valence electrons. The number of hydrogen-bond acceptors (Lipinski definition) is 9. The molecule has 2 aromatic heterocycles. The third-order valence-electron chi connectivity index (χ3n) is 5.63. The van der Waals surface area contributed by atoms with E-state index in [-0.39, 0.29) is 42.3 Å². The SMILES string of the molecule is CCOC(=O)C[C@@H]1C(=O)NCCN1c1nc2ccccn2c(=O)c1/C=C1\SC(=S)N(C(C)C)C1=O. The first-order valence-corrected chi connectivity index (χ1v) is 12.4. The van der Waals surface area contributed by atoms with Crippen LogP contribution in [0.2, 0.25) is 0 Å². The molecule has 35 heavy (non-hydrogen) atoms. The fraction of sp³-hybridized carbons (Fsp3) is 0.391. The maximum Gasteiger partial charge on any atom is 0.308 e. The van der Waals surface area contributed by atoms with Crippen LogP contribution in [0.5, 0.6) is 0 Å². The van der Waals surface area contributed by atoms with Crippen molar-refractivity contribution in [1.82, 2.24) is 19.6 Å². The second-order valence-electron chi connectivity index (χ2n) is 8.24. The van der Waals surface area contributed by atoms with Crippen LogP contribution in [-0.2, 0) is 19.1 Å². The topological polar surface area (TPSA) is 113 Å². The van der Waals surface area contributed by atoms with Gasteiger partial charge in [0.25, 0.3) is 11.5 Å². The summed E-state index contributed by atoms with van der Waals surface area (Å²) >= 11 is 6.49. The number of piperazine rings is 1. The Morgan fingerprint density at radius 3 is 2.80 bits per heavy atom. The van der Waals surface area contributed by atoms with E-state index in [1.165, 1.54) is 15.4 Å². The van der Waals surface area contributed by atoms with Gasteiger partial charge in [0, 0.05) is 25.3 Å². The highest BCUT2D eigenvalue weighted by Crippen LogP contribution is 2.35. The van der Waals surface area contributed by atoms with E-state index in [1.54, 1.807) is 36.2 Å². The van der Waals surface area contributed by atoms with Gasteiger partial charge in [0.05, 0.1) is 23.5 Å². The molecule has 0 unspecified atom stereocenters. The van der Waals surface area contributed by atoms with E-state index in [0.29, 0.717) is 28.0 Å². The molecule has 4 heterocycles. The summed E-state index contributed by atoms with van der Waals surface area (Å²) in [6, 6.07) is 4.08. The van der Waals surface area contributed by atoms with Crippen molar-refractivity contribution in [2.24, 2.45) is 0 Å². The quantitative estimate of drug-likeness (QED) is 0.348. The molecule has 0 bridgehead atoms. The minimum Gasteiger partial charge on any atom is -0.466 e. The lowest BCUT2D eigenvalue weighted by Crippen LogP contribution is -2.57. The summed E-state index contributed by atoms with van der Waals surface area (Å²) in [6.07, 6.45) is 2.87. The molecule has 1 atom stereocenters. The number of ether oxygens (including phenoxy) is 1. The average molecular weight is 516 g/mol. The molecule has 0 aliphatic carbocycles. The van der Waals surface area contributed by atoms with Crippen molar-refractivity contribution >= 4 is 63.6 Å². The van der Waals surface area contributed by atoms with E-state index >= 15 is 0 Å². The van der Waals surface area contributed by atoms with Gasteiger partial charge in [-0.25, -0.2) is 4.98 Å². The zero-order valence-electron chi connectivity index (χ0n) is 19.5. The van der Waals surface area contributed by atoms with Gasteiger partial charge in [-0.1, -0.05) is 30.0 Å². The second kappa shape index (κ2) is 10.2. The molecule has 0 radical (unpaired) electrons. The summed E-state index contributed by atoms with van der Waals surface area (Å²) in [5.74, 6) is -0.967. The van der Waals surface area contributed by atoms with Crippen LogP contribution in [0.15, 0.2) is 34.1 Å². The molecule has 2 aliphatic rings. The van der Waals surface area contributed by atoms with Gasteiger partial charge in [-0.15, -0.1) is 0 Å². The molecular weight excluding hydrogens is 490 g/mol. The van der Waals surface area contributed by atoms with Crippen LogP contribution in [0.3, 0.4) is 0 Å². The lowest BCUT2D eigenvalue weighted by atomic mass is 10.1. The van der Waals surface area contributed by atoms with E-state index in [1.807, 2.05) is 13.8 Å². The Kier molecular flexibility index (Phi) is 7.22. The van der Waals surface area contributed by atoms with Crippen LogP contribution in [-0.4, -0.2) is 68.2 Å². The van der Waals surface area contributed by atoms with Crippen molar-refractivity contribution < 1.29 is 19.1 Å². The third-order valence-corrected chi connectivity index (χ3v) is 6.96. The fourth-order valence-corrected chi connectivity index (χ4v) is 5.55. The van der Waals surface area contributed by atoms with Crippen LogP contribution in [0.1, 0.15) is 32.8 Å². The number of nitrogens with zero attached hydrogens (tertiary/aromatic N) is 4. The molecule has 12 heteroatoms. The van der Waals surface area contributed by atoms with Crippen molar-refractivity contribution in [3.8, 4) is 0 Å². The van der Waals surface area contributed by atoms with Crippen LogP contribution < -0.4 is 15.8 Å². The van der Waals surface area contributed by atoms with E-state index in [9.17, 15) is 19.2 Å². The van der Waals surface area contributed by atoms with Crippen molar-refractivity contribution in [3.63, 3.8) is 0 Å². The standard InChI is InChI=1S/C23H25N5O5S2/c1-4-33-18(29)12-15-20(30)24-8-10-26(15)19-14(21(31)27-9-6-5-7-17(27)25-19)11-16-22(32)28(13(2)3)23(34)35-16/h5-7,9,11,13,15H,4,8,10,12H2,1-3H3,(H,24,30)/b16-11-/t15-/m1/s1. The van der Waals surface area contributed by atoms with Crippen LogP contribution >= 0.6 is 24.0 Å². The van der Waals surface area contributed by atoms with Gasteiger partial charge in [-0.05, 0) is 39.0 Å². The second-order valence-corrected chi connectivity index (χ2v) is 9.91. The molecule has 2 aromatic rings. The summed E-state index contributed by atoms with van der Waals surface area (Å²) in [7, 11) is 0. The van der Waals surface area contributed by atoms with Gasteiger partial charge in [0.1, 0.15) is 21.8 Å². The Morgan fingerprint density at radius 1 is 1.34 bits per heavy atom. The van der Waals surface area contributed by atoms with Crippen molar-refractivity contribution in [2.75, 3.05) is 24.6 Å². The number of thiocarbonyl (C=S) groups is 1. The maximum absolute atomic E-state index is 13.6. The fourth-order valence-electron chi connectivity index (χ4n) is 4.04. The molecule has 0 saturated carbocycles. The number of hydrogen-bond donors (Lipinski definition) is 1. The van der Waals surface area contributed by atoms with Crippen molar-refractivity contribution in [1.29, 1.82) is 0 Å². The number of pyridine rings is 1. The first-order chi connectivity index (χ1) is 16.7. The summed E-state index contributed by atoms with van der Waals surface area (Å²) in [5.41, 5.74) is 0.114. The Bertz CT molecular complexity index is 1300. The Balaban J connectivity index is 1.87. The first kappa shape index (κ1) is 24.9. The number of amides is 2. The minimum absolute atomic E-state index is 0.136. The zero-order chi connectivity index (χ0) is 25.3. The highest BCUT2D eigenvalue weighted by molar-refractivity contribution is 8.26. The summed E-state index contributed by atoms with van der Waals surface area (Å²) < 4.78 is 6.84. The average Bonchev–Trinajstić information content (AvgIpc) is 3.10. The molecule has 2 fully saturated rings.